The molecular formula is C20H21N3OS. The molecule has 5 heteroatoms. The van der Waals surface area contributed by atoms with Crippen LogP contribution in [0.5, 0.6) is 0 Å². The van der Waals surface area contributed by atoms with Crippen LogP contribution in [0.3, 0.4) is 0 Å². The third-order valence-electron chi connectivity index (χ3n) is 3.60. The van der Waals surface area contributed by atoms with E-state index in [4.69, 9.17) is 0 Å². The lowest BCUT2D eigenvalue weighted by molar-refractivity contribution is -0.112. The van der Waals surface area contributed by atoms with Gasteiger partial charge in [-0.15, -0.1) is 0 Å². The van der Waals surface area contributed by atoms with Crippen LogP contribution in [0.1, 0.15) is 20.3 Å². The number of benzene rings is 2. The van der Waals surface area contributed by atoms with Gasteiger partial charge in [-0.05, 0) is 37.6 Å². The third-order valence-corrected chi connectivity index (χ3v) is 4.68. The molecule has 1 unspecified atom stereocenters. The fourth-order valence-corrected chi connectivity index (χ4v) is 2.88. The quantitative estimate of drug-likeness (QED) is 0.566. The molecule has 0 heterocycles. The summed E-state index contributed by atoms with van der Waals surface area (Å²) in [7, 11) is 0. The minimum absolute atomic E-state index is 0.0554. The number of nitrogens with zero attached hydrogens (tertiary/aromatic N) is 1. The average Bonchev–Trinajstić information content (AvgIpc) is 2.64. The van der Waals surface area contributed by atoms with E-state index in [0.717, 1.165) is 16.2 Å². The second kappa shape index (κ2) is 9.55. The molecule has 0 aromatic heterocycles. The molecule has 2 N–H and O–H groups in total. The third kappa shape index (κ3) is 5.70. The second-order valence-corrected chi connectivity index (χ2v) is 6.63. The Balaban J connectivity index is 2.14. The van der Waals surface area contributed by atoms with Gasteiger partial charge in [0.1, 0.15) is 11.6 Å². The van der Waals surface area contributed by atoms with Gasteiger partial charge in [0.05, 0.1) is 5.69 Å². The van der Waals surface area contributed by atoms with Gasteiger partial charge in [-0.2, -0.15) is 5.26 Å². The van der Waals surface area contributed by atoms with Crippen molar-refractivity contribution in [3.8, 4) is 6.07 Å². The molecule has 128 valence electrons. The predicted octanol–water partition coefficient (Wildman–Crippen LogP) is 4.57. The number of para-hydroxylation sites is 1. The highest BCUT2D eigenvalue weighted by Gasteiger charge is 2.12. The zero-order chi connectivity index (χ0) is 18.1. The topological polar surface area (TPSA) is 64.9 Å². The summed E-state index contributed by atoms with van der Waals surface area (Å²) in [5, 5.41) is 15.1. The number of rotatable bonds is 7. The Morgan fingerprint density at radius 2 is 1.88 bits per heavy atom. The highest BCUT2D eigenvalue weighted by molar-refractivity contribution is 7.99. The van der Waals surface area contributed by atoms with E-state index in [2.05, 4.69) is 10.6 Å². The Morgan fingerprint density at radius 1 is 1.20 bits per heavy atom. The average molecular weight is 351 g/mol. The lowest BCUT2D eigenvalue weighted by Gasteiger charge is -2.11. The minimum atomic E-state index is -0.417. The lowest BCUT2D eigenvalue weighted by Crippen LogP contribution is -2.22. The minimum Gasteiger partial charge on any atom is -0.387 e. The highest BCUT2D eigenvalue weighted by atomic mass is 32.2. The first-order valence-electron chi connectivity index (χ1n) is 8.13. The van der Waals surface area contributed by atoms with Gasteiger partial charge in [-0.1, -0.05) is 49.0 Å². The summed E-state index contributed by atoms with van der Waals surface area (Å²) in [5.41, 5.74) is 0.742. The normalized spacial score (nSPS) is 12.1. The number of carbonyl (C=O) groups is 1. The van der Waals surface area contributed by atoms with Crippen molar-refractivity contribution in [1.82, 2.24) is 5.32 Å². The van der Waals surface area contributed by atoms with Gasteiger partial charge in [0.2, 0.25) is 0 Å². The molecule has 0 aliphatic carbocycles. The molecule has 2 rings (SSSR count). The van der Waals surface area contributed by atoms with E-state index in [-0.39, 0.29) is 11.6 Å². The molecule has 1 atom stereocenters. The summed E-state index contributed by atoms with van der Waals surface area (Å²) in [5.74, 6) is -0.417. The monoisotopic (exact) mass is 351 g/mol. The maximum Gasteiger partial charge on any atom is 0.267 e. The lowest BCUT2D eigenvalue weighted by atomic mass is 10.2. The maximum absolute atomic E-state index is 12.4. The van der Waals surface area contributed by atoms with Crippen LogP contribution in [0.2, 0.25) is 0 Å². The summed E-state index contributed by atoms with van der Waals surface area (Å²) < 4.78 is 0. The number of nitrogens with one attached hydrogen (secondary N) is 2. The molecule has 0 aliphatic rings. The van der Waals surface area contributed by atoms with Crippen molar-refractivity contribution in [2.45, 2.75) is 36.1 Å². The summed E-state index contributed by atoms with van der Waals surface area (Å²) in [6.45, 7) is 4.03. The van der Waals surface area contributed by atoms with Crippen LogP contribution in [0, 0.1) is 11.3 Å². The van der Waals surface area contributed by atoms with Crippen LogP contribution >= 0.6 is 11.8 Å². The van der Waals surface area contributed by atoms with Crippen LogP contribution in [0.4, 0.5) is 5.69 Å². The Bertz CT molecular complexity index is 781. The molecule has 2 aromatic rings. The predicted molar refractivity (Wildman–Crippen MR) is 102 cm³/mol. The summed E-state index contributed by atoms with van der Waals surface area (Å²) in [6, 6.07) is 19.7. The number of amides is 1. The van der Waals surface area contributed by atoms with Crippen LogP contribution in [0.15, 0.2) is 76.2 Å². The first-order valence-corrected chi connectivity index (χ1v) is 8.95. The van der Waals surface area contributed by atoms with Gasteiger partial charge >= 0.3 is 0 Å². The Hall–Kier alpha value is -2.71. The molecule has 4 nitrogen and oxygen atoms in total. The molecule has 0 spiro atoms. The molecule has 0 saturated heterocycles. The van der Waals surface area contributed by atoms with Gasteiger partial charge in [-0.25, -0.2) is 0 Å². The highest BCUT2D eigenvalue weighted by Crippen LogP contribution is 2.33. The Labute approximate surface area is 152 Å². The van der Waals surface area contributed by atoms with E-state index in [1.54, 1.807) is 11.8 Å². The molecule has 2 aromatic carbocycles. The molecule has 0 aliphatic heterocycles. The summed E-state index contributed by atoms with van der Waals surface area (Å²) in [6.07, 6.45) is 2.39. The second-order valence-electron chi connectivity index (χ2n) is 5.51. The van der Waals surface area contributed by atoms with Crippen molar-refractivity contribution in [2.24, 2.45) is 0 Å². The number of anilines is 1. The van der Waals surface area contributed by atoms with Gasteiger partial charge in [0, 0.05) is 22.0 Å². The molecule has 25 heavy (non-hydrogen) atoms. The Kier molecular flexibility index (Phi) is 7.12. The van der Waals surface area contributed by atoms with E-state index in [9.17, 15) is 10.1 Å². The number of hydrogen-bond acceptors (Lipinski definition) is 4. The van der Waals surface area contributed by atoms with Gasteiger partial charge in [0.15, 0.2) is 0 Å². The van der Waals surface area contributed by atoms with Crippen molar-refractivity contribution in [3.05, 3.63) is 66.4 Å². The van der Waals surface area contributed by atoms with Crippen molar-refractivity contribution in [3.63, 3.8) is 0 Å². The van der Waals surface area contributed by atoms with Crippen LogP contribution in [-0.4, -0.2) is 11.9 Å². The van der Waals surface area contributed by atoms with E-state index in [0.29, 0.717) is 5.69 Å². The molecular weight excluding hydrogens is 330 g/mol. The Morgan fingerprint density at radius 3 is 2.56 bits per heavy atom. The molecule has 0 saturated carbocycles. The van der Waals surface area contributed by atoms with Crippen LogP contribution < -0.4 is 10.6 Å². The largest absolute Gasteiger partial charge is 0.387 e. The standard InChI is InChI=1S/C20H21N3OS/c1-3-15(2)22-14-16(13-21)20(24)23-18-11-7-8-12-19(18)25-17-9-5-4-6-10-17/h4-12,14-15,22H,3H2,1-2H3,(H,23,24)/b16-14-. The van der Waals surface area contributed by atoms with Crippen molar-refractivity contribution < 1.29 is 4.79 Å². The van der Waals surface area contributed by atoms with Gasteiger partial charge in [0.25, 0.3) is 5.91 Å². The number of nitriles is 1. The van der Waals surface area contributed by atoms with Crippen LogP contribution in [-0.2, 0) is 4.79 Å². The van der Waals surface area contributed by atoms with E-state index >= 15 is 0 Å². The molecule has 0 fully saturated rings. The zero-order valence-corrected chi connectivity index (χ0v) is 15.1. The van der Waals surface area contributed by atoms with Gasteiger partial charge in [-0.3, -0.25) is 4.79 Å². The van der Waals surface area contributed by atoms with Crippen LogP contribution in [0.25, 0.3) is 0 Å². The summed E-state index contributed by atoms with van der Waals surface area (Å²) in [4.78, 5) is 14.4. The number of hydrogen-bond donors (Lipinski definition) is 2. The summed E-state index contributed by atoms with van der Waals surface area (Å²) >= 11 is 1.56. The van der Waals surface area contributed by atoms with Gasteiger partial charge < -0.3 is 10.6 Å². The SMILES string of the molecule is CCC(C)N/C=C(/C#N)C(=O)Nc1ccccc1Sc1ccccc1. The van der Waals surface area contributed by atoms with E-state index in [1.165, 1.54) is 6.20 Å². The molecule has 0 bridgehead atoms. The van der Waals surface area contributed by atoms with E-state index < -0.39 is 5.91 Å². The van der Waals surface area contributed by atoms with Crippen molar-refractivity contribution in [1.29, 1.82) is 5.26 Å². The smallest absolute Gasteiger partial charge is 0.267 e. The first-order chi connectivity index (χ1) is 12.1. The fourth-order valence-electron chi connectivity index (χ4n) is 1.96. The first kappa shape index (κ1) is 18.6. The molecule has 1 amide bonds. The molecule has 0 radical (unpaired) electrons. The number of carbonyl (C=O) groups excluding carboxylic acids is 1. The zero-order valence-electron chi connectivity index (χ0n) is 14.3. The van der Waals surface area contributed by atoms with E-state index in [1.807, 2.05) is 74.5 Å². The van der Waals surface area contributed by atoms with Crippen molar-refractivity contribution in [2.75, 3.05) is 5.32 Å². The fraction of sp³-hybridized carbons (Fsp3) is 0.200. The maximum atomic E-state index is 12.4. The van der Waals surface area contributed by atoms with Crippen molar-refractivity contribution >= 4 is 23.4 Å².